The van der Waals surface area contributed by atoms with Gasteiger partial charge in [0.15, 0.2) is 0 Å². The first-order valence-corrected chi connectivity index (χ1v) is 4.64. The van der Waals surface area contributed by atoms with E-state index < -0.39 is 0 Å². The first-order valence-electron chi connectivity index (χ1n) is 4.64. The second-order valence-electron chi connectivity index (χ2n) is 3.03. The van der Waals surface area contributed by atoms with Crippen molar-refractivity contribution in [3.63, 3.8) is 0 Å². The predicted octanol–water partition coefficient (Wildman–Crippen LogP) is -0.383. The Balaban J connectivity index is 3.49. The molecule has 0 saturated carbocycles. The molecule has 5 heteroatoms. The molecule has 0 unspecified atom stereocenters. The standard InChI is InChI=1S/C9H18N2O3/c1-4-14-9(13)7-11(3)6-5-10-8(2)12/h4-7H2,1-3H3,(H,10,12). The maximum Gasteiger partial charge on any atom is 0.320 e. The summed E-state index contributed by atoms with van der Waals surface area (Å²) in [4.78, 5) is 23.3. The number of nitrogens with one attached hydrogen (secondary N) is 1. The summed E-state index contributed by atoms with van der Waals surface area (Å²) in [6.45, 7) is 5.08. The molecule has 0 radical (unpaired) electrons. The Morgan fingerprint density at radius 1 is 1.43 bits per heavy atom. The Hall–Kier alpha value is -1.10. The minimum atomic E-state index is -0.238. The summed E-state index contributed by atoms with van der Waals surface area (Å²) in [6, 6.07) is 0. The van der Waals surface area contributed by atoms with E-state index in [-0.39, 0.29) is 18.4 Å². The Morgan fingerprint density at radius 3 is 2.57 bits per heavy atom. The van der Waals surface area contributed by atoms with Crippen LogP contribution in [0.15, 0.2) is 0 Å². The van der Waals surface area contributed by atoms with Crippen molar-refractivity contribution in [1.82, 2.24) is 10.2 Å². The molecule has 0 spiro atoms. The molecule has 14 heavy (non-hydrogen) atoms. The third-order valence-corrected chi connectivity index (χ3v) is 1.57. The van der Waals surface area contributed by atoms with Gasteiger partial charge in [0.05, 0.1) is 13.2 Å². The monoisotopic (exact) mass is 202 g/mol. The van der Waals surface area contributed by atoms with E-state index in [9.17, 15) is 9.59 Å². The number of esters is 1. The minimum Gasteiger partial charge on any atom is -0.465 e. The molecular formula is C9H18N2O3. The van der Waals surface area contributed by atoms with Crippen molar-refractivity contribution in [3.05, 3.63) is 0 Å². The molecule has 0 aliphatic rings. The highest BCUT2D eigenvalue weighted by molar-refractivity contribution is 5.73. The fourth-order valence-corrected chi connectivity index (χ4v) is 0.929. The maximum absolute atomic E-state index is 11.0. The van der Waals surface area contributed by atoms with Crippen LogP contribution in [0, 0.1) is 0 Å². The highest BCUT2D eigenvalue weighted by Gasteiger charge is 2.06. The second kappa shape index (κ2) is 7.32. The lowest BCUT2D eigenvalue weighted by molar-refractivity contribution is -0.144. The van der Waals surface area contributed by atoms with Crippen LogP contribution >= 0.6 is 0 Å². The number of likely N-dealkylation sites (N-methyl/N-ethyl adjacent to an activating group) is 1. The molecule has 0 saturated heterocycles. The van der Waals surface area contributed by atoms with Gasteiger partial charge in [0, 0.05) is 20.0 Å². The zero-order valence-electron chi connectivity index (χ0n) is 9.00. The number of rotatable bonds is 6. The van der Waals surface area contributed by atoms with Crippen LogP contribution in [0.5, 0.6) is 0 Å². The molecule has 0 bridgehead atoms. The molecule has 0 rings (SSSR count). The molecule has 1 N–H and O–H groups in total. The van der Waals surface area contributed by atoms with E-state index in [1.54, 1.807) is 18.9 Å². The normalized spacial score (nSPS) is 10.0. The smallest absolute Gasteiger partial charge is 0.320 e. The Morgan fingerprint density at radius 2 is 2.07 bits per heavy atom. The largest absolute Gasteiger partial charge is 0.465 e. The lowest BCUT2D eigenvalue weighted by Gasteiger charge is -2.15. The topological polar surface area (TPSA) is 58.6 Å². The summed E-state index contributed by atoms with van der Waals surface area (Å²) in [5.74, 6) is -0.299. The van der Waals surface area contributed by atoms with Gasteiger partial charge in [-0.15, -0.1) is 0 Å². The Kier molecular flexibility index (Phi) is 6.74. The number of carbonyl (C=O) groups excluding carboxylic acids is 2. The summed E-state index contributed by atoms with van der Waals surface area (Å²) >= 11 is 0. The van der Waals surface area contributed by atoms with E-state index in [0.29, 0.717) is 19.7 Å². The molecular weight excluding hydrogens is 184 g/mol. The SMILES string of the molecule is CCOC(=O)CN(C)CCNC(C)=O. The Labute approximate surface area is 84.4 Å². The van der Waals surface area contributed by atoms with Crippen molar-refractivity contribution in [3.8, 4) is 0 Å². The van der Waals surface area contributed by atoms with Crippen LogP contribution in [0.2, 0.25) is 0 Å². The van der Waals surface area contributed by atoms with Gasteiger partial charge in [0.25, 0.3) is 0 Å². The van der Waals surface area contributed by atoms with Crippen LogP contribution in [0.3, 0.4) is 0 Å². The quantitative estimate of drug-likeness (QED) is 0.596. The van der Waals surface area contributed by atoms with Crippen molar-refractivity contribution >= 4 is 11.9 Å². The minimum absolute atomic E-state index is 0.0606. The molecule has 0 aliphatic carbocycles. The van der Waals surface area contributed by atoms with Gasteiger partial charge >= 0.3 is 5.97 Å². The van der Waals surface area contributed by atoms with Crippen molar-refractivity contribution < 1.29 is 14.3 Å². The van der Waals surface area contributed by atoms with Crippen molar-refractivity contribution in [2.75, 3.05) is 33.3 Å². The third-order valence-electron chi connectivity index (χ3n) is 1.57. The number of hydrogen-bond donors (Lipinski definition) is 1. The van der Waals surface area contributed by atoms with Gasteiger partial charge < -0.3 is 10.1 Å². The third kappa shape index (κ3) is 7.54. The molecule has 0 fully saturated rings. The van der Waals surface area contributed by atoms with Gasteiger partial charge in [-0.25, -0.2) is 0 Å². The van der Waals surface area contributed by atoms with Gasteiger partial charge in [0.2, 0.25) is 5.91 Å². The van der Waals surface area contributed by atoms with Gasteiger partial charge in [0.1, 0.15) is 0 Å². The molecule has 0 heterocycles. The number of ether oxygens (including phenoxy) is 1. The van der Waals surface area contributed by atoms with Crippen LogP contribution in [-0.4, -0.2) is 50.1 Å². The first-order chi connectivity index (χ1) is 6.56. The fourth-order valence-electron chi connectivity index (χ4n) is 0.929. The molecule has 0 aromatic rings. The van der Waals surface area contributed by atoms with E-state index in [0.717, 1.165) is 0 Å². The molecule has 1 amide bonds. The number of amides is 1. The maximum atomic E-state index is 11.0. The number of carbonyl (C=O) groups is 2. The van der Waals surface area contributed by atoms with Crippen LogP contribution in [0.1, 0.15) is 13.8 Å². The van der Waals surface area contributed by atoms with Crippen LogP contribution in [0.4, 0.5) is 0 Å². The van der Waals surface area contributed by atoms with Crippen LogP contribution in [0.25, 0.3) is 0 Å². The summed E-state index contributed by atoms with van der Waals surface area (Å²) in [5, 5.41) is 2.65. The van der Waals surface area contributed by atoms with Crippen molar-refractivity contribution in [2.45, 2.75) is 13.8 Å². The summed E-state index contributed by atoms with van der Waals surface area (Å²) in [7, 11) is 1.80. The molecule has 0 aromatic carbocycles. The first kappa shape index (κ1) is 12.9. The number of hydrogen-bond acceptors (Lipinski definition) is 4. The van der Waals surface area contributed by atoms with Gasteiger partial charge in [-0.3, -0.25) is 14.5 Å². The van der Waals surface area contributed by atoms with E-state index in [1.807, 2.05) is 0 Å². The molecule has 0 atom stereocenters. The highest BCUT2D eigenvalue weighted by atomic mass is 16.5. The lowest BCUT2D eigenvalue weighted by atomic mass is 10.5. The highest BCUT2D eigenvalue weighted by Crippen LogP contribution is 1.84. The predicted molar refractivity (Wildman–Crippen MR) is 52.8 cm³/mol. The van der Waals surface area contributed by atoms with Crippen molar-refractivity contribution in [2.24, 2.45) is 0 Å². The number of nitrogens with zero attached hydrogens (tertiary/aromatic N) is 1. The lowest BCUT2D eigenvalue weighted by Crippen LogP contribution is -2.35. The summed E-state index contributed by atoms with van der Waals surface area (Å²) in [6.07, 6.45) is 0. The van der Waals surface area contributed by atoms with E-state index in [1.165, 1.54) is 6.92 Å². The molecule has 0 aliphatic heterocycles. The average Bonchev–Trinajstić information content (AvgIpc) is 2.03. The molecule has 0 aromatic heterocycles. The van der Waals surface area contributed by atoms with E-state index >= 15 is 0 Å². The fraction of sp³-hybridized carbons (Fsp3) is 0.778. The zero-order valence-corrected chi connectivity index (χ0v) is 9.00. The van der Waals surface area contributed by atoms with Gasteiger partial charge in [-0.1, -0.05) is 0 Å². The van der Waals surface area contributed by atoms with Crippen molar-refractivity contribution in [1.29, 1.82) is 0 Å². The van der Waals surface area contributed by atoms with Crippen LogP contribution < -0.4 is 5.32 Å². The average molecular weight is 202 g/mol. The van der Waals surface area contributed by atoms with E-state index in [2.05, 4.69) is 5.32 Å². The van der Waals surface area contributed by atoms with E-state index in [4.69, 9.17) is 4.74 Å². The second-order valence-corrected chi connectivity index (χ2v) is 3.03. The van der Waals surface area contributed by atoms with Gasteiger partial charge in [-0.05, 0) is 14.0 Å². The van der Waals surface area contributed by atoms with Gasteiger partial charge in [-0.2, -0.15) is 0 Å². The summed E-state index contributed by atoms with van der Waals surface area (Å²) < 4.78 is 4.77. The molecule has 82 valence electrons. The summed E-state index contributed by atoms with van der Waals surface area (Å²) in [5.41, 5.74) is 0. The Bertz CT molecular complexity index is 194. The zero-order chi connectivity index (χ0) is 11.0. The molecule has 5 nitrogen and oxygen atoms in total. The van der Waals surface area contributed by atoms with Crippen LogP contribution in [-0.2, 0) is 14.3 Å².